The first-order valence-corrected chi connectivity index (χ1v) is 12.3. The van der Waals surface area contributed by atoms with Gasteiger partial charge in [-0.25, -0.2) is 22.6 Å². The second-order valence-electron chi connectivity index (χ2n) is 8.28. The third-order valence-electron chi connectivity index (χ3n) is 6.13. The number of aromatic nitrogens is 1. The van der Waals surface area contributed by atoms with E-state index in [9.17, 15) is 22.7 Å². The Hall–Kier alpha value is -2.72. The number of hydrogen-bond acceptors (Lipinski definition) is 6. The monoisotopic (exact) mass is 462 g/mol. The largest absolute Gasteiger partial charge is 0.478 e. The molecule has 10 heteroatoms. The maximum atomic E-state index is 13.4. The maximum absolute atomic E-state index is 13.4. The highest BCUT2D eigenvalue weighted by Gasteiger charge is 2.28. The van der Waals surface area contributed by atoms with Gasteiger partial charge >= 0.3 is 5.97 Å². The van der Waals surface area contributed by atoms with Crippen LogP contribution in [0.4, 0.5) is 15.9 Å². The third-order valence-corrected chi connectivity index (χ3v) is 7.51. The quantitative estimate of drug-likeness (QED) is 0.680. The normalized spacial score (nSPS) is 18.5. The van der Waals surface area contributed by atoms with Gasteiger partial charge in [0.2, 0.25) is 0 Å². The molecule has 0 saturated carbocycles. The van der Waals surface area contributed by atoms with Crippen molar-refractivity contribution in [1.29, 1.82) is 0 Å². The van der Waals surface area contributed by atoms with Crippen molar-refractivity contribution in [3.8, 4) is 0 Å². The van der Waals surface area contributed by atoms with Crippen LogP contribution in [0.1, 0.15) is 42.5 Å². The van der Waals surface area contributed by atoms with Gasteiger partial charge in [-0.3, -0.25) is 4.72 Å². The van der Waals surface area contributed by atoms with Gasteiger partial charge in [-0.05, 0) is 63.0 Å². The van der Waals surface area contributed by atoms with Crippen molar-refractivity contribution in [1.82, 2.24) is 9.88 Å². The Morgan fingerprint density at radius 2 is 1.81 bits per heavy atom. The zero-order chi connectivity index (χ0) is 22.7. The number of hydrogen-bond donors (Lipinski definition) is 2. The summed E-state index contributed by atoms with van der Waals surface area (Å²) < 4.78 is 40.8. The molecule has 2 saturated heterocycles. The molecule has 1 aromatic heterocycles. The van der Waals surface area contributed by atoms with E-state index in [1.54, 1.807) is 0 Å². The summed E-state index contributed by atoms with van der Waals surface area (Å²) in [5, 5.41) is 9.73. The molecule has 8 nitrogen and oxygen atoms in total. The minimum Gasteiger partial charge on any atom is -0.478 e. The molecule has 0 spiro atoms. The summed E-state index contributed by atoms with van der Waals surface area (Å²) in [6, 6.07) is 6.37. The van der Waals surface area contributed by atoms with Gasteiger partial charge in [-0.1, -0.05) is 12.5 Å². The topological polar surface area (TPSA) is 103 Å². The average Bonchev–Trinajstić information content (AvgIpc) is 2.79. The van der Waals surface area contributed by atoms with E-state index in [2.05, 4.69) is 14.6 Å². The number of halogens is 1. The van der Waals surface area contributed by atoms with Crippen LogP contribution >= 0.6 is 0 Å². The smallest absolute Gasteiger partial charge is 0.339 e. The van der Waals surface area contributed by atoms with Crippen LogP contribution in [0.5, 0.6) is 0 Å². The van der Waals surface area contributed by atoms with Crippen LogP contribution in [0.2, 0.25) is 0 Å². The number of carbonyl (C=O) groups is 1. The number of carboxylic acids is 1. The standard InChI is InChI=1S/C22H27FN4O4S/c23-16-5-4-6-19(13-16)32(30,31)25-17-14-20(22(28)29)21(24-15-17)27-11-7-18(8-12-27)26-9-2-1-3-10-26/h4-6,13-15,18,25H,1-3,7-12H2,(H,28,29). The van der Waals surface area contributed by atoms with E-state index in [1.807, 2.05) is 4.90 Å². The summed E-state index contributed by atoms with van der Waals surface area (Å²) in [4.78, 5) is 20.4. The average molecular weight is 463 g/mol. The van der Waals surface area contributed by atoms with E-state index in [4.69, 9.17) is 0 Å². The lowest BCUT2D eigenvalue weighted by atomic mass is 9.99. The van der Waals surface area contributed by atoms with E-state index in [-0.39, 0.29) is 16.1 Å². The molecule has 2 N–H and O–H groups in total. The summed E-state index contributed by atoms with van der Waals surface area (Å²) in [7, 11) is -4.08. The zero-order valence-corrected chi connectivity index (χ0v) is 18.5. The molecule has 172 valence electrons. The fourth-order valence-electron chi connectivity index (χ4n) is 4.50. The molecule has 2 aromatic rings. The SMILES string of the molecule is O=C(O)c1cc(NS(=O)(=O)c2cccc(F)c2)cnc1N1CCC(N2CCCCC2)CC1. The molecule has 2 aliphatic heterocycles. The number of nitrogens with one attached hydrogen (secondary N) is 1. The Kier molecular flexibility index (Phi) is 6.61. The number of piperidine rings is 2. The lowest BCUT2D eigenvalue weighted by Gasteiger charge is -2.40. The third kappa shape index (κ3) is 5.02. The van der Waals surface area contributed by atoms with Gasteiger partial charge in [-0.15, -0.1) is 0 Å². The fourth-order valence-corrected chi connectivity index (χ4v) is 5.56. The van der Waals surface area contributed by atoms with Gasteiger partial charge in [0.05, 0.1) is 16.8 Å². The van der Waals surface area contributed by atoms with E-state index in [0.29, 0.717) is 24.9 Å². The Morgan fingerprint density at radius 3 is 2.47 bits per heavy atom. The molecule has 0 aliphatic carbocycles. The molecule has 2 fully saturated rings. The van der Waals surface area contributed by atoms with Crippen LogP contribution < -0.4 is 9.62 Å². The molecule has 0 unspecified atom stereocenters. The predicted molar refractivity (Wildman–Crippen MR) is 119 cm³/mol. The predicted octanol–water partition coefficient (Wildman–Crippen LogP) is 3.17. The highest BCUT2D eigenvalue weighted by atomic mass is 32.2. The van der Waals surface area contributed by atoms with Crippen molar-refractivity contribution in [2.24, 2.45) is 0 Å². The maximum Gasteiger partial charge on any atom is 0.339 e. The van der Waals surface area contributed by atoms with Crippen molar-refractivity contribution in [3.05, 3.63) is 47.9 Å². The highest BCUT2D eigenvalue weighted by Crippen LogP contribution is 2.28. The number of pyridine rings is 1. The van der Waals surface area contributed by atoms with Crippen LogP contribution in [0, 0.1) is 5.82 Å². The van der Waals surface area contributed by atoms with E-state index >= 15 is 0 Å². The lowest BCUT2D eigenvalue weighted by Crippen LogP contribution is -2.47. The number of likely N-dealkylation sites (tertiary alicyclic amines) is 1. The summed E-state index contributed by atoms with van der Waals surface area (Å²) in [6.07, 6.45) is 6.94. The molecule has 0 radical (unpaired) electrons. The second-order valence-corrected chi connectivity index (χ2v) is 9.96. The molecule has 1 aromatic carbocycles. The number of carboxylic acid groups (broad SMARTS) is 1. The fraction of sp³-hybridized carbons (Fsp3) is 0.455. The number of aromatic carboxylic acids is 1. The Balaban J connectivity index is 1.49. The van der Waals surface area contributed by atoms with Crippen LogP contribution in [0.3, 0.4) is 0 Å². The van der Waals surface area contributed by atoms with Crippen LogP contribution in [-0.2, 0) is 10.0 Å². The van der Waals surface area contributed by atoms with Crippen molar-refractivity contribution in [2.75, 3.05) is 35.8 Å². The van der Waals surface area contributed by atoms with Crippen molar-refractivity contribution < 1.29 is 22.7 Å². The van der Waals surface area contributed by atoms with E-state index in [1.165, 1.54) is 43.7 Å². The Bertz CT molecular complexity index is 1080. The van der Waals surface area contributed by atoms with Gasteiger partial charge in [-0.2, -0.15) is 0 Å². The van der Waals surface area contributed by atoms with Gasteiger partial charge in [0.15, 0.2) is 0 Å². The second kappa shape index (κ2) is 9.41. The minimum absolute atomic E-state index is 0.0126. The van der Waals surface area contributed by atoms with Gasteiger partial charge in [0, 0.05) is 19.1 Å². The molecule has 32 heavy (non-hydrogen) atoms. The molecule has 3 heterocycles. The molecular weight excluding hydrogens is 435 g/mol. The lowest BCUT2D eigenvalue weighted by molar-refractivity contribution is 0.0697. The van der Waals surface area contributed by atoms with E-state index < -0.39 is 21.8 Å². The number of sulfonamides is 1. The number of nitrogens with zero attached hydrogens (tertiary/aromatic N) is 3. The first-order chi connectivity index (χ1) is 15.3. The van der Waals surface area contributed by atoms with Gasteiger partial charge in [0.25, 0.3) is 10.0 Å². The molecule has 4 rings (SSSR count). The molecule has 0 amide bonds. The highest BCUT2D eigenvalue weighted by molar-refractivity contribution is 7.92. The molecule has 0 bridgehead atoms. The van der Waals surface area contributed by atoms with Crippen molar-refractivity contribution in [3.63, 3.8) is 0 Å². The number of benzene rings is 1. The van der Waals surface area contributed by atoms with Crippen molar-refractivity contribution in [2.45, 2.75) is 43.0 Å². The van der Waals surface area contributed by atoms with Crippen LogP contribution in [0.25, 0.3) is 0 Å². The number of rotatable bonds is 6. The van der Waals surface area contributed by atoms with Gasteiger partial charge < -0.3 is 14.9 Å². The first-order valence-electron chi connectivity index (χ1n) is 10.8. The summed E-state index contributed by atoms with van der Waals surface area (Å²) >= 11 is 0. The molecule has 0 atom stereocenters. The molecular formula is C22H27FN4O4S. The van der Waals surface area contributed by atoms with Crippen LogP contribution in [-0.4, -0.2) is 61.6 Å². The Labute approximate surface area is 187 Å². The minimum atomic E-state index is -4.08. The summed E-state index contributed by atoms with van der Waals surface area (Å²) in [5.74, 6) is -1.53. The molecule has 2 aliphatic rings. The van der Waals surface area contributed by atoms with E-state index in [0.717, 1.165) is 38.1 Å². The Morgan fingerprint density at radius 1 is 1.09 bits per heavy atom. The van der Waals surface area contributed by atoms with Crippen LogP contribution in [0.15, 0.2) is 41.4 Å². The summed E-state index contributed by atoms with van der Waals surface area (Å²) in [5.41, 5.74) is -0.0560. The number of anilines is 2. The van der Waals surface area contributed by atoms with Gasteiger partial charge in [0.1, 0.15) is 17.2 Å². The zero-order valence-electron chi connectivity index (χ0n) is 17.7. The first kappa shape index (κ1) is 22.5. The van der Waals surface area contributed by atoms with Crippen molar-refractivity contribution >= 4 is 27.5 Å². The summed E-state index contributed by atoms with van der Waals surface area (Å²) in [6.45, 7) is 3.65.